The molecule has 164 valence electrons. The van der Waals surface area contributed by atoms with Crippen molar-refractivity contribution in [1.29, 1.82) is 0 Å². The van der Waals surface area contributed by atoms with Crippen molar-refractivity contribution >= 4 is 0 Å². The van der Waals surface area contributed by atoms with Crippen molar-refractivity contribution in [2.24, 2.45) is 10.8 Å². The van der Waals surface area contributed by atoms with E-state index in [0.717, 1.165) is 37.2 Å². The van der Waals surface area contributed by atoms with E-state index in [2.05, 4.69) is 0 Å². The second-order valence-electron chi connectivity index (χ2n) is 9.45. The van der Waals surface area contributed by atoms with Crippen LogP contribution in [-0.2, 0) is 25.6 Å². The average molecular weight is 409 g/mol. The van der Waals surface area contributed by atoms with Gasteiger partial charge in [0.1, 0.15) is 11.4 Å². The van der Waals surface area contributed by atoms with E-state index in [4.69, 9.17) is 23.7 Å². The lowest BCUT2D eigenvalue weighted by Gasteiger charge is -2.49. The fraction of sp³-hybridized carbons (Fsp3) is 0.739. The minimum atomic E-state index is -1.23. The van der Waals surface area contributed by atoms with E-state index in [-0.39, 0.29) is 6.29 Å². The van der Waals surface area contributed by atoms with Gasteiger partial charge >= 0.3 is 0 Å². The molecule has 29 heavy (non-hydrogen) atoms. The van der Waals surface area contributed by atoms with Crippen LogP contribution in [0.4, 0.5) is 0 Å². The van der Waals surface area contributed by atoms with Crippen molar-refractivity contribution < 1.29 is 28.8 Å². The Morgan fingerprint density at radius 1 is 1.17 bits per heavy atom. The molecule has 3 rings (SSSR count). The Kier molecular flexibility index (Phi) is 6.91. The Hall–Kier alpha value is -1.18. The summed E-state index contributed by atoms with van der Waals surface area (Å²) in [5.74, 6) is 0.773. The molecular weight excluding hydrogens is 372 g/mol. The first-order chi connectivity index (χ1) is 13.7. The van der Waals surface area contributed by atoms with Crippen molar-refractivity contribution in [2.75, 3.05) is 26.9 Å². The summed E-state index contributed by atoms with van der Waals surface area (Å²) < 4.78 is 29.1. The van der Waals surface area contributed by atoms with E-state index in [0.29, 0.717) is 19.8 Å². The van der Waals surface area contributed by atoms with Gasteiger partial charge in [0, 0.05) is 17.4 Å². The molecule has 2 fully saturated rings. The molecule has 2 saturated heterocycles. The smallest absolute Gasteiger partial charge is 0.187 e. The van der Waals surface area contributed by atoms with Gasteiger partial charge in [-0.25, -0.2) is 0 Å². The SMILES string of the molecule is COc1cccc(COC2OCC(C)(C)C2(O)C(C)(C)COC2CCCCO2)c1. The Morgan fingerprint density at radius 2 is 1.97 bits per heavy atom. The highest BCUT2D eigenvalue weighted by molar-refractivity contribution is 5.28. The zero-order valence-corrected chi connectivity index (χ0v) is 18.4. The van der Waals surface area contributed by atoms with E-state index in [1.54, 1.807) is 7.11 Å². The quantitative estimate of drug-likeness (QED) is 0.704. The van der Waals surface area contributed by atoms with E-state index >= 15 is 0 Å². The zero-order valence-electron chi connectivity index (χ0n) is 18.4. The highest BCUT2D eigenvalue weighted by Crippen LogP contribution is 2.52. The second-order valence-corrected chi connectivity index (χ2v) is 9.45. The molecule has 0 spiro atoms. The predicted octanol–water partition coefficient (Wildman–Crippen LogP) is 3.89. The molecule has 6 nitrogen and oxygen atoms in total. The third-order valence-electron chi connectivity index (χ3n) is 6.30. The van der Waals surface area contributed by atoms with Crippen LogP contribution in [0.1, 0.15) is 52.5 Å². The topological polar surface area (TPSA) is 66.4 Å². The van der Waals surface area contributed by atoms with Crippen molar-refractivity contribution in [1.82, 2.24) is 0 Å². The lowest BCUT2D eigenvalue weighted by Crippen LogP contribution is -2.61. The molecule has 2 aliphatic rings. The summed E-state index contributed by atoms with van der Waals surface area (Å²) in [5.41, 5.74) is -1.36. The van der Waals surface area contributed by atoms with Crippen LogP contribution in [0, 0.1) is 10.8 Å². The van der Waals surface area contributed by atoms with Crippen molar-refractivity contribution in [3.05, 3.63) is 29.8 Å². The molecule has 0 amide bonds. The third kappa shape index (κ3) is 4.62. The summed E-state index contributed by atoms with van der Waals surface area (Å²) in [7, 11) is 1.64. The lowest BCUT2D eigenvalue weighted by atomic mass is 9.62. The van der Waals surface area contributed by atoms with Crippen LogP contribution in [0.3, 0.4) is 0 Å². The van der Waals surface area contributed by atoms with E-state index < -0.39 is 22.7 Å². The summed E-state index contributed by atoms with van der Waals surface area (Å²) in [6.07, 6.45) is 2.12. The molecule has 1 aromatic rings. The highest BCUT2D eigenvalue weighted by atomic mass is 16.7. The van der Waals surface area contributed by atoms with Crippen LogP contribution in [0.25, 0.3) is 0 Å². The van der Waals surface area contributed by atoms with Crippen LogP contribution < -0.4 is 4.74 Å². The van der Waals surface area contributed by atoms with Gasteiger partial charge in [0.2, 0.25) is 0 Å². The summed E-state index contributed by atoms with van der Waals surface area (Å²) in [4.78, 5) is 0. The van der Waals surface area contributed by atoms with Gasteiger partial charge in [0.15, 0.2) is 12.6 Å². The first kappa shape index (κ1) is 22.5. The van der Waals surface area contributed by atoms with Gasteiger partial charge in [0.25, 0.3) is 0 Å². The number of benzene rings is 1. The zero-order chi connectivity index (χ0) is 21.1. The molecular formula is C23H36O6. The minimum absolute atomic E-state index is 0.201. The maximum absolute atomic E-state index is 11.9. The fourth-order valence-corrected chi connectivity index (χ4v) is 4.43. The maximum Gasteiger partial charge on any atom is 0.187 e. The molecule has 1 aromatic carbocycles. The average Bonchev–Trinajstić information content (AvgIpc) is 2.96. The molecule has 2 heterocycles. The molecule has 0 aromatic heterocycles. The molecule has 0 aliphatic carbocycles. The van der Waals surface area contributed by atoms with Crippen molar-refractivity contribution in [3.63, 3.8) is 0 Å². The number of aliphatic hydroxyl groups is 1. The number of hydrogen-bond donors (Lipinski definition) is 1. The largest absolute Gasteiger partial charge is 0.497 e. The van der Waals surface area contributed by atoms with Gasteiger partial charge in [-0.15, -0.1) is 0 Å². The molecule has 1 N–H and O–H groups in total. The molecule has 6 heteroatoms. The Bertz CT molecular complexity index is 667. The standard InChI is InChI=1S/C23H36O6/c1-21(2,15-28-19-11-6-7-12-26-19)23(24)20(29-16-22(23,3)4)27-14-17-9-8-10-18(13-17)25-5/h8-10,13,19-20,24H,6-7,11-12,14-16H2,1-5H3. The predicted molar refractivity (Wildman–Crippen MR) is 110 cm³/mol. The normalized spacial score (nSPS) is 29.7. The lowest BCUT2D eigenvalue weighted by molar-refractivity contribution is -0.269. The summed E-state index contributed by atoms with van der Waals surface area (Å²) >= 11 is 0. The van der Waals surface area contributed by atoms with E-state index in [9.17, 15) is 5.11 Å². The Morgan fingerprint density at radius 3 is 2.66 bits per heavy atom. The van der Waals surface area contributed by atoms with Crippen LogP contribution in [-0.4, -0.2) is 50.2 Å². The molecule has 0 radical (unpaired) electrons. The number of ether oxygens (including phenoxy) is 5. The van der Waals surface area contributed by atoms with Crippen LogP contribution in [0.15, 0.2) is 24.3 Å². The molecule has 3 unspecified atom stereocenters. The van der Waals surface area contributed by atoms with Gasteiger partial charge in [-0.05, 0) is 37.0 Å². The Balaban J connectivity index is 1.70. The first-order valence-electron chi connectivity index (χ1n) is 10.5. The maximum atomic E-state index is 11.9. The summed E-state index contributed by atoms with van der Waals surface area (Å²) in [6.45, 7) is 9.87. The summed E-state index contributed by atoms with van der Waals surface area (Å²) in [5, 5.41) is 11.9. The van der Waals surface area contributed by atoms with E-state index in [1.165, 1.54) is 0 Å². The third-order valence-corrected chi connectivity index (χ3v) is 6.30. The van der Waals surface area contributed by atoms with Crippen molar-refractivity contribution in [3.8, 4) is 5.75 Å². The molecule has 3 atom stereocenters. The fourth-order valence-electron chi connectivity index (χ4n) is 4.43. The van der Waals surface area contributed by atoms with Gasteiger partial charge in [-0.1, -0.05) is 39.8 Å². The van der Waals surface area contributed by atoms with Gasteiger partial charge < -0.3 is 28.8 Å². The monoisotopic (exact) mass is 408 g/mol. The first-order valence-corrected chi connectivity index (χ1v) is 10.5. The Labute approximate surface area is 174 Å². The molecule has 0 saturated carbocycles. The second kappa shape index (κ2) is 8.90. The van der Waals surface area contributed by atoms with Gasteiger partial charge in [-0.3, -0.25) is 0 Å². The van der Waals surface area contributed by atoms with Gasteiger partial charge in [-0.2, -0.15) is 0 Å². The number of rotatable bonds is 8. The number of hydrogen-bond acceptors (Lipinski definition) is 6. The molecule has 2 aliphatic heterocycles. The number of methoxy groups -OCH3 is 1. The van der Waals surface area contributed by atoms with Crippen LogP contribution >= 0.6 is 0 Å². The van der Waals surface area contributed by atoms with Crippen LogP contribution in [0.2, 0.25) is 0 Å². The molecule has 0 bridgehead atoms. The highest BCUT2D eigenvalue weighted by Gasteiger charge is 2.64. The summed E-state index contributed by atoms with van der Waals surface area (Å²) in [6, 6.07) is 7.71. The minimum Gasteiger partial charge on any atom is -0.497 e. The van der Waals surface area contributed by atoms with E-state index in [1.807, 2.05) is 52.0 Å². The van der Waals surface area contributed by atoms with Gasteiger partial charge in [0.05, 0.1) is 26.9 Å². The van der Waals surface area contributed by atoms with Crippen LogP contribution in [0.5, 0.6) is 5.75 Å². The van der Waals surface area contributed by atoms with Crippen molar-refractivity contribution in [2.45, 2.75) is 71.7 Å².